The Kier molecular flexibility index (Phi) is 4.25. The number of hydrogen-bond donors (Lipinski definition) is 1. The van der Waals surface area contributed by atoms with Gasteiger partial charge in [0.1, 0.15) is 0 Å². The van der Waals surface area contributed by atoms with Crippen molar-refractivity contribution < 1.29 is 22.7 Å². The minimum Gasteiger partial charge on any atom is -0.355 e. The number of rotatable bonds is 4. The molecule has 0 bridgehead atoms. The molecule has 1 N–H and O–H groups in total. The standard InChI is InChI=1S/C16H16ClF3N2O2/c1-2-7-24-15(16(18,19)20)9-22(11-4-5-11)14(23)21-13-6-3-10(17)8-12(13)15/h2-3,6,8,11H,1,4-5,7,9H2,(H,21,23). The van der Waals surface area contributed by atoms with Crippen LogP contribution in [-0.2, 0) is 10.3 Å². The molecule has 1 saturated carbocycles. The highest BCUT2D eigenvalue weighted by atomic mass is 35.5. The van der Waals surface area contributed by atoms with Crippen LogP contribution >= 0.6 is 11.6 Å². The van der Waals surface area contributed by atoms with Crippen LogP contribution < -0.4 is 5.32 Å². The van der Waals surface area contributed by atoms with E-state index >= 15 is 0 Å². The molecule has 1 aliphatic carbocycles. The zero-order valence-electron chi connectivity index (χ0n) is 12.7. The molecule has 3 rings (SSSR count). The molecule has 1 aliphatic heterocycles. The van der Waals surface area contributed by atoms with Crippen LogP contribution in [0, 0.1) is 0 Å². The SMILES string of the molecule is C=CCOC1(C(F)(F)F)CN(C2CC2)C(=O)Nc2ccc(Cl)cc21. The third kappa shape index (κ3) is 2.86. The maximum Gasteiger partial charge on any atom is 0.423 e. The van der Waals surface area contributed by atoms with E-state index in [1.807, 2.05) is 0 Å². The summed E-state index contributed by atoms with van der Waals surface area (Å²) in [7, 11) is 0. The number of anilines is 1. The zero-order chi connectivity index (χ0) is 17.5. The van der Waals surface area contributed by atoms with Crippen LogP contribution in [0.3, 0.4) is 0 Å². The first-order valence-corrected chi connectivity index (χ1v) is 7.85. The van der Waals surface area contributed by atoms with Gasteiger partial charge in [-0.3, -0.25) is 0 Å². The first-order chi connectivity index (χ1) is 11.3. The highest BCUT2D eigenvalue weighted by molar-refractivity contribution is 6.30. The van der Waals surface area contributed by atoms with Gasteiger partial charge in [0.15, 0.2) is 0 Å². The summed E-state index contributed by atoms with van der Waals surface area (Å²) in [6, 6.07) is 3.23. The zero-order valence-corrected chi connectivity index (χ0v) is 13.5. The average Bonchev–Trinajstić information content (AvgIpc) is 3.32. The molecule has 0 radical (unpaired) electrons. The van der Waals surface area contributed by atoms with Crippen molar-refractivity contribution in [2.75, 3.05) is 18.5 Å². The van der Waals surface area contributed by atoms with E-state index in [-0.39, 0.29) is 28.9 Å². The van der Waals surface area contributed by atoms with Crippen molar-refractivity contribution in [3.8, 4) is 0 Å². The van der Waals surface area contributed by atoms with Crippen molar-refractivity contribution in [2.45, 2.75) is 30.7 Å². The molecule has 130 valence electrons. The van der Waals surface area contributed by atoms with Gasteiger partial charge in [-0.2, -0.15) is 13.2 Å². The summed E-state index contributed by atoms with van der Waals surface area (Å²) in [4.78, 5) is 13.6. The second-order valence-corrected chi connectivity index (χ2v) is 6.34. The fraction of sp³-hybridized carbons (Fsp3) is 0.438. The van der Waals surface area contributed by atoms with Crippen molar-refractivity contribution in [3.63, 3.8) is 0 Å². The van der Waals surface area contributed by atoms with Crippen molar-refractivity contribution in [3.05, 3.63) is 41.4 Å². The molecule has 0 saturated heterocycles. The quantitative estimate of drug-likeness (QED) is 0.813. The minimum atomic E-state index is -4.74. The Labute approximate surface area is 142 Å². The predicted octanol–water partition coefficient (Wildman–Crippen LogP) is 4.31. The largest absolute Gasteiger partial charge is 0.423 e. The molecule has 4 nitrogen and oxygen atoms in total. The molecule has 1 heterocycles. The second kappa shape index (κ2) is 5.97. The third-order valence-corrected chi connectivity index (χ3v) is 4.44. The topological polar surface area (TPSA) is 41.6 Å². The van der Waals surface area contributed by atoms with Gasteiger partial charge in [0, 0.05) is 22.3 Å². The lowest BCUT2D eigenvalue weighted by Gasteiger charge is -2.38. The number of alkyl halides is 3. The number of benzene rings is 1. The Morgan fingerprint density at radius 1 is 1.46 bits per heavy atom. The fourth-order valence-electron chi connectivity index (χ4n) is 2.87. The van der Waals surface area contributed by atoms with Crippen LogP contribution in [-0.4, -0.2) is 36.3 Å². The molecule has 1 aromatic carbocycles. The van der Waals surface area contributed by atoms with Crippen LogP contribution in [0.2, 0.25) is 5.02 Å². The van der Waals surface area contributed by atoms with Gasteiger partial charge in [-0.05, 0) is 31.0 Å². The van der Waals surface area contributed by atoms with Crippen LogP contribution in [0.15, 0.2) is 30.9 Å². The maximum absolute atomic E-state index is 14.1. The number of fused-ring (bicyclic) bond motifs is 1. The van der Waals surface area contributed by atoms with E-state index in [2.05, 4.69) is 11.9 Å². The maximum atomic E-state index is 14.1. The monoisotopic (exact) mass is 360 g/mol. The molecule has 0 spiro atoms. The molecule has 0 aromatic heterocycles. The Bertz CT molecular complexity index is 676. The summed E-state index contributed by atoms with van der Waals surface area (Å²) in [5.74, 6) is 0. The smallest absolute Gasteiger partial charge is 0.355 e. The Balaban J connectivity index is 2.19. The molecule has 8 heteroatoms. The Morgan fingerprint density at radius 2 is 2.17 bits per heavy atom. The van der Waals surface area contributed by atoms with Crippen molar-refractivity contribution in [1.29, 1.82) is 0 Å². The van der Waals surface area contributed by atoms with Crippen molar-refractivity contribution in [2.24, 2.45) is 0 Å². The highest BCUT2D eigenvalue weighted by Gasteiger charge is 2.61. The number of nitrogens with one attached hydrogen (secondary N) is 1. The lowest BCUT2D eigenvalue weighted by molar-refractivity contribution is -0.284. The van der Waals surface area contributed by atoms with Crippen LogP contribution in [0.4, 0.5) is 23.7 Å². The van der Waals surface area contributed by atoms with Crippen LogP contribution in [0.25, 0.3) is 0 Å². The second-order valence-electron chi connectivity index (χ2n) is 5.90. The number of amides is 2. The highest BCUT2D eigenvalue weighted by Crippen LogP contribution is 2.49. The van der Waals surface area contributed by atoms with E-state index in [1.165, 1.54) is 29.2 Å². The first-order valence-electron chi connectivity index (χ1n) is 7.48. The minimum absolute atomic E-state index is 0.0499. The first kappa shape index (κ1) is 17.1. The number of hydrogen-bond acceptors (Lipinski definition) is 2. The van der Waals surface area contributed by atoms with E-state index in [0.717, 1.165) is 0 Å². The molecule has 1 unspecified atom stereocenters. The van der Waals surface area contributed by atoms with Gasteiger partial charge in [-0.15, -0.1) is 6.58 Å². The normalized spacial score (nSPS) is 24.2. The molecule has 2 aliphatic rings. The predicted molar refractivity (Wildman–Crippen MR) is 84.1 cm³/mol. The lowest BCUT2D eigenvalue weighted by atomic mass is 9.90. The van der Waals surface area contributed by atoms with E-state index in [4.69, 9.17) is 16.3 Å². The number of urea groups is 1. The molecule has 24 heavy (non-hydrogen) atoms. The number of nitrogens with zero attached hydrogens (tertiary/aromatic N) is 1. The average molecular weight is 361 g/mol. The Hall–Kier alpha value is -1.73. The molecule has 1 fully saturated rings. The van der Waals surface area contributed by atoms with Crippen LogP contribution in [0.5, 0.6) is 0 Å². The van der Waals surface area contributed by atoms with E-state index in [9.17, 15) is 18.0 Å². The Morgan fingerprint density at radius 3 is 2.75 bits per heavy atom. The molecular weight excluding hydrogens is 345 g/mol. The van der Waals surface area contributed by atoms with E-state index in [0.29, 0.717) is 12.8 Å². The van der Waals surface area contributed by atoms with Crippen molar-refractivity contribution >= 4 is 23.3 Å². The summed E-state index contributed by atoms with van der Waals surface area (Å²) in [5, 5.41) is 2.68. The summed E-state index contributed by atoms with van der Waals surface area (Å²) in [6.45, 7) is 2.50. The number of carbonyl (C=O) groups is 1. The van der Waals surface area contributed by atoms with Crippen molar-refractivity contribution in [1.82, 2.24) is 4.90 Å². The van der Waals surface area contributed by atoms with Gasteiger partial charge in [0.2, 0.25) is 5.60 Å². The fourth-order valence-corrected chi connectivity index (χ4v) is 3.05. The summed E-state index contributed by atoms with van der Waals surface area (Å²) in [5.41, 5.74) is -2.81. The lowest BCUT2D eigenvalue weighted by Crippen LogP contribution is -2.53. The van der Waals surface area contributed by atoms with Gasteiger partial charge < -0.3 is 15.0 Å². The van der Waals surface area contributed by atoms with Gasteiger partial charge in [-0.25, -0.2) is 4.79 Å². The summed E-state index contributed by atoms with van der Waals surface area (Å²) < 4.78 is 47.6. The molecule has 2 amide bonds. The molecular formula is C16H16ClF3N2O2. The summed E-state index contributed by atoms with van der Waals surface area (Å²) >= 11 is 5.92. The van der Waals surface area contributed by atoms with Gasteiger partial charge in [0.25, 0.3) is 0 Å². The van der Waals surface area contributed by atoms with Gasteiger partial charge in [0.05, 0.1) is 13.2 Å². The molecule has 1 atom stereocenters. The molecule has 1 aromatic rings. The number of carbonyl (C=O) groups excluding carboxylic acids is 1. The number of halogens is 4. The number of ether oxygens (including phenoxy) is 1. The van der Waals surface area contributed by atoms with Crippen LogP contribution in [0.1, 0.15) is 18.4 Å². The van der Waals surface area contributed by atoms with Gasteiger partial charge >= 0.3 is 12.2 Å². The third-order valence-electron chi connectivity index (χ3n) is 4.21. The van der Waals surface area contributed by atoms with E-state index < -0.39 is 24.4 Å². The summed E-state index contributed by atoms with van der Waals surface area (Å²) in [6.07, 6.45) is -2.13. The van der Waals surface area contributed by atoms with Gasteiger partial charge in [-0.1, -0.05) is 17.7 Å². The van der Waals surface area contributed by atoms with E-state index in [1.54, 1.807) is 0 Å².